The molecule has 1 nitrogen and oxygen atoms in total. The summed E-state index contributed by atoms with van der Waals surface area (Å²) >= 11 is 5.77. The molecule has 3 heteroatoms. The number of halogens is 2. The zero-order valence-corrected chi connectivity index (χ0v) is 10.8. The monoisotopic (exact) mass is 264 g/mol. The Bertz CT molecular complexity index is 534. The van der Waals surface area contributed by atoms with E-state index in [-0.39, 0.29) is 0 Å². The Morgan fingerprint density at radius 1 is 1.22 bits per heavy atom. The highest BCUT2D eigenvalue weighted by Crippen LogP contribution is 2.23. The molecule has 2 rings (SSSR count). The minimum Gasteiger partial charge on any atom is -0.388 e. The van der Waals surface area contributed by atoms with Gasteiger partial charge in [0.2, 0.25) is 0 Å². The van der Waals surface area contributed by atoms with Crippen LogP contribution >= 0.6 is 11.6 Å². The van der Waals surface area contributed by atoms with E-state index in [1.165, 1.54) is 12.1 Å². The van der Waals surface area contributed by atoms with Crippen LogP contribution in [0.25, 0.3) is 0 Å². The molecule has 0 aliphatic heterocycles. The van der Waals surface area contributed by atoms with Gasteiger partial charge in [0, 0.05) is 11.4 Å². The molecule has 0 amide bonds. The van der Waals surface area contributed by atoms with Crippen LogP contribution in [0.4, 0.5) is 4.39 Å². The molecule has 0 aliphatic rings. The van der Waals surface area contributed by atoms with Crippen molar-refractivity contribution in [3.8, 4) is 0 Å². The second-order valence-corrected chi connectivity index (χ2v) is 4.85. The lowest BCUT2D eigenvalue weighted by molar-refractivity contribution is 0.178. The maximum Gasteiger partial charge on any atom is 0.125 e. The maximum absolute atomic E-state index is 13.2. The molecule has 0 fully saturated rings. The number of hydrogen-bond donors (Lipinski definition) is 1. The fraction of sp³-hybridized carbons (Fsp3) is 0.200. The van der Waals surface area contributed by atoms with Crippen molar-refractivity contribution in [2.45, 2.75) is 19.4 Å². The molecular formula is C15H14ClFO. The van der Waals surface area contributed by atoms with Gasteiger partial charge >= 0.3 is 0 Å². The van der Waals surface area contributed by atoms with E-state index in [1.807, 2.05) is 31.2 Å². The van der Waals surface area contributed by atoms with Crippen molar-refractivity contribution in [2.75, 3.05) is 0 Å². The van der Waals surface area contributed by atoms with Gasteiger partial charge in [0.25, 0.3) is 0 Å². The van der Waals surface area contributed by atoms with E-state index >= 15 is 0 Å². The SMILES string of the molecule is Cc1cccc(CC(O)c2cc(F)cc(Cl)c2)c1. The minimum absolute atomic E-state index is 0.299. The Labute approximate surface area is 111 Å². The average Bonchev–Trinajstić information content (AvgIpc) is 2.27. The van der Waals surface area contributed by atoms with Gasteiger partial charge in [-0.3, -0.25) is 0 Å². The summed E-state index contributed by atoms with van der Waals surface area (Å²) in [5.74, 6) is -0.430. The largest absolute Gasteiger partial charge is 0.388 e. The molecule has 1 unspecified atom stereocenters. The summed E-state index contributed by atoms with van der Waals surface area (Å²) in [7, 11) is 0. The topological polar surface area (TPSA) is 20.2 Å². The third-order valence-corrected chi connectivity index (χ3v) is 3.00. The summed E-state index contributed by atoms with van der Waals surface area (Å²) in [4.78, 5) is 0. The summed E-state index contributed by atoms with van der Waals surface area (Å²) < 4.78 is 13.2. The van der Waals surface area contributed by atoms with Gasteiger partial charge in [-0.05, 0) is 36.2 Å². The van der Waals surface area contributed by atoms with Crippen molar-refractivity contribution in [1.82, 2.24) is 0 Å². The van der Waals surface area contributed by atoms with E-state index in [0.717, 1.165) is 11.1 Å². The Hall–Kier alpha value is -1.38. The first-order valence-corrected chi connectivity index (χ1v) is 6.12. The molecule has 18 heavy (non-hydrogen) atoms. The lowest BCUT2D eigenvalue weighted by Crippen LogP contribution is -2.02. The highest BCUT2D eigenvalue weighted by Gasteiger charge is 2.11. The van der Waals surface area contributed by atoms with Crippen molar-refractivity contribution in [3.63, 3.8) is 0 Å². The fourth-order valence-electron chi connectivity index (χ4n) is 1.95. The van der Waals surface area contributed by atoms with Crippen molar-refractivity contribution >= 4 is 11.6 Å². The number of benzene rings is 2. The lowest BCUT2D eigenvalue weighted by Gasteiger charge is -2.12. The smallest absolute Gasteiger partial charge is 0.125 e. The molecule has 1 atom stereocenters. The van der Waals surface area contributed by atoms with E-state index in [1.54, 1.807) is 6.07 Å². The van der Waals surface area contributed by atoms with Crippen LogP contribution < -0.4 is 0 Å². The molecule has 0 spiro atoms. The predicted molar refractivity (Wildman–Crippen MR) is 71.3 cm³/mol. The number of aliphatic hydroxyl groups is 1. The van der Waals surface area contributed by atoms with E-state index in [0.29, 0.717) is 17.0 Å². The molecule has 0 aromatic heterocycles. The van der Waals surface area contributed by atoms with Gasteiger partial charge in [0.15, 0.2) is 0 Å². The second kappa shape index (κ2) is 5.51. The standard InChI is InChI=1S/C15H14ClFO/c1-10-3-2-4-11(5-10)6-15(18)12-7-13(16)9-14(17)8-12/h2-5,7-9,15,18H,6H2,1H3. The van der Waals surface area contributed by atoms with E-state index in [9.17, 15) is 9.50 Å². The summed E-state index contributed by atoms with van der Waals surface area (Å²) in [6, 6.07) is 12.0. The molecule has 0 saturated carbocycles. The summed E-state index contributed by atoms with van der Waals surface area (Å²) in [5, 5.41) is 10.4. The van der Waals surface area contributed by atoms with Crippen molar-refractivity contribution in [3.05, 3.63) is 70.0 Å². The molecule has 0 bridgehead atoms. The first-order valence-electron chi connectivity index (χ1n) is 5.74. The molecule has 2 aromatic carbocycles. The van der Waals surface area contributed by atoms with Crippen LogP contribution in [0.5, 0.6) is 0 Å². The molecule has 0 aliphatic carbocycles. The van der Waals surface area contributed by atoms with Crippen molar-refractivity contribution < 1.29 is 9.50 Å². The molecule has 94 valence electrons. The number of hydrogen-bond acceptors (Lipinski definition) is 1. The van der Waals surface area contributed by atoms with Crippen molar-refractivity contribution in [2.24, 2.45) is 0 Å². The van der Waals surface area contributed by atoms with Gasteiger partial charge < -0.3 is 5.11 Å². The summed E-state index contributed by atoms with van der Waals surface area (Å²) in [5.41, 5.74) is 2.65. The Kier molecular flexibility index (Phi) is 4.00. The van der Waals surface area contributed by atoms with Crippen LogP contribution in [0, 0.1) is 12.7 Å². The molecule has 0 saturated heterocycles. The fourth-order valence-corrected chi connectivity index (χ4v) is 2.18. The van der Waals surface area contributed by atoms with Crippen LogP contribution in [-0.2, 0) is 6.42 Å². The van der Waals surface area contributed by atoms with E-state index in [2.05, 4.69) is 0 Å². The quantitative estimate of drug-likeness (QED) is 0.886. The Morgan fingerprint density at radius 3 is 2.67 bits per heavy atom. The zero-order valence-electron chi connectivity index (χ0n) is 10.0. The van der Waals surface area contributed by atoms with Crippen LogP contribution in [0.1, 0.15) is 22.8 Å². The Balaban J connectivity index is 2.19. The normalized spacial score (nSPS) is 12.4. The maximum atomic E-state index is 13.2. The molecule has 2 aromatic rings. The lowest BCUT2D eigenvalue weighted by atomic mass is 10.0. The Morgan fingerprint density at radius 2 is 2.00 bits per heavy atom. The summed E-state index contributed by atoms with van der Waals surface area (Å²) in [6.45, 7) is 1.99. The van der Waals surface area contributed by atoms with Crippen molar-refractivity contribution in [1.29, 1.82) is 0 Å². The first kappa shape index (κ1) is 13.1. The van der Waals surface area contributed by atoms with E-state index in [4.69, 9.17) is 11.6 Å². The predicted octanol–water partition coefficient (Wildman–Crippen LogP) is 4.06. The number of aryl methyl sites for hydroxylation is 1. The van der Waals surface area contributed by atoms with Crippen LogP contribution in [0.15, 0.2) is 42.5 Å². The van der Waals surface area contributed by atoms with Gasteiger partial charge in [-0.1, -0.05) is 41.4 Å². The second-order valence-electron chi connectivity index (χ2n) is 4.41. The molecule has 1 N–H and O–H groups in total. The average molecular weight is 265 g/mol. The van der Waals surface area contributed by atoms with Crippen LogP contribution in [0.3, 0.4) is 0 Å². The zero-order chi connectivity index (χ0) is 13.1. The van der Waals surface area contributed by atoms with Crippen LogP contribution in [-0.4, -0.2) is 5.11 Å². The molecule has 0 heterocycles. The third-order valence-electron chi connectivity index (χ3n) is 2.78. The molecular weight excluding hydrogens is 251 g/mol. The number of rotatable bonds is 3. The van der Waals surface area contributed by atoms with Crippen LogP contribution in [0.2, 0.25) is 5.02 Å². The van der Waals surface area contributed by atoms with Gasteiger partial charge in [-0.15, -0.1) is 0 Å². The molecule has 0 radical (unpaired) electrons. The van der Waals surface area contributed by atoms with E-state index < -0.39 is 11.9 Å². The summed E-state index contributed by atoms with van der Waals surface area (Å²) in [6.07, 6.45) is -0.304. The first-order chi connectivity index (χ1) is 8.54. The highest BCUT2D eigenvalue weighted by molar-refractivity contribution is 6.30. The third kappa shape index (κ3) is 3.31. The highest BCUT2D eigenvalue weighted by atomic mass is 35.5. The van der Waals surface area contributed by atoms with Gasteiger partial charge in [-0.2, -0.15) is 0 Å². The number of aliphatic hydroxyl groups excluding tert-OH is 1. The van der Waals surface area contributed by atoms with Gasteiger partial charge in [0.05, 0.1) is 6.10 Å². The minimum atomic E-state index is -0.750. The van der Waals surface area contributed by atoms with Gasteiger partial charge in [0.1, 0.15) is 5.82 Å². The van der Waals surface area contributed by atoms with Gasteiger partial charge in [-0.25, -0.2) is 4.39 Å².